The van der Waals surface area contributed by atoms with Crippen LogP contribution in [0.5, 0.6) is 0 Å². The highest BCUT2D eigenvalue weighted by Gasteiger charge is 2.08. The maximum atomic E-state index is 5.64. The minimum absolute atomic E-state index is 0.0911. The Morgan fingerprint density at radius 1 is 1.25 bits per heavy atom. The fourth-order valence-corrected chi connectivity index (χ4v) is 1.05. The van der Waals surface area contributed by atoms with Gasteiger partial charge in [0.15, 0.2) is 0 Å². The third-order valence-electron chi connectivity index (χ3n) is 1.41. The number of hydrogen-bond acceptors (Lipinski definition) is 1. The van der Waals surface area contributed by atoms with Crippen LogP contribution in [0.2, 0.25) is 0 Å². The Balaban J connectivity index is 2.77. The molecule has 1 aromatic rings. The summed E-state index contributed by atoms with van der Waals surface area (Å²) in [5, 5.41) is 3.34. The summed E-state index contributed by atoms with van der Waals surface area (Å²) in [4.78, 5) is 0. The van der Waals surface area contributed by atoms with E-state index in [1.807, 2.05) is 24.3 Å². The standard InChI is InChI=1S/C10H14BN/c1-10(2,3)12-9-6-4-5-8(11)7-9/h4-7,12H,1-3H3. The quantitative estimate of drug-likeness (QED) is 0.614. The first-order valence-electron chi connectivity index (χ1n) is 4.11. The first kappa shape index (κ1) is 9.18. The average molecular weight is 159 g/mol. The van der Waals surface area contributed by atoms with Crippen LogP contribution in [0.15, 0.2) is 24.3 Å². The monoisotopic (exact) mass is 159 g/mol. The average Bonchev–Trinajstić information content (AvgIpc) is 1.82. The Kier molecular flexibility index (Phi) is 2.46. The van der Waals surface area contributed by atoms with Crippen molar-refractivity contribution in [2.24, 2.45) is 0 Å². The molecule has 0 aliphatic heterocycles. The Hall–Kier alpha value is -0.915. The predicted octanol–water partition coefficient (Wildman–Crippen LogP) is 1.69. The van der Waals surface area contributed by atoms with Gasteiger partial charge in [0.2, 0.25) is 0 Å². The molecule has 12 heavy (non-hydrogen) atoms. The molecule has 0 amide bonds. The van der Waals surface area contributed by atoms with Crippen LogP contribution in [-0.4, -0.2) is 13.4 Å². The molecule has 0 saturated heterocycles. The van der Waals surface area contributed by atoms with E-state index in [0.29, 0.717) is 0 Å². The molecule has 0 atom stereocenters. The van der Waals surface area contributed by atoms with Gasteiger partial charge in [-0.1, -0.05) is 17.6 Å². The molecule has 0 aromatic heterocycles. The summed E-state index contributed by atoms with van der Waals surface area (Å²) < 4.78 is 0. The highest BCUT2D eigenvalue weighted by Crippen LogP contribution is 2.11. The van der Waals surface area contributed by atoms with Crippen LogP contribution in [0.1, 0.15) is 20.8 Å². The number of anilines is 1. The van der Waals surface area contributed by atoms with Crippen molar-refractivity contribution in [2.75, 3.05) is 5.32 Å². The van der Waals surface area contributed by atoms with Crippen molar-refractivity contribution in [1.82, 2.24) is 0 Å². The lowest BCUT2D eigenvalue weighted by Gasteiger charge is -2.22. The van der Waals surface area contributed by atoms with Crippen molar-refractivity contribution in [3.8, 4) is 0 Å². The van der Waals surface area contributed by atoms with Crippen LogP contribution in [0, 0.1) is 0 Å². The van der Waals surface area contributed by atoms with E-state index in [0.717, 1.165) is 11.2 Å². The molecular weight excluding hydrogens is 145 g/mol. The Morgan fingerprint density at radius 3 is 2.42 bits per heavy atom. The SMILES string of the molecule is [B]c1cccc(NC(C)(C)C)c1. The van der Waals surface area contributed by atoms with E-state index in [4.69, 9.17) is 7.85 Å². The van der Waals surface area contributed by atoms with Crippen LogP contribution < -0.4 is 10.8 Å². The third-order valence-corrected chi connectivity index (χ3v) is 1.41. The zero-order valence-electron chi connectivity index (χ0n) is 7.89. The van der Waals surface area contributed by atoms with E-state index < -0.39 is 0 Å². The molecule has 0 aliphatic carbocycles. The summed E-state index contributed by atoms with van der Waals surface area (Å²) in [5.74, 6) is 0. The molecule has 1 aromatic carbocycles. The molecule has 1 N–H and O–H groups in total. The van der Waals surface area contributed by atoms with Gasteiger partial charge < -0.3 is 5.32 Å². The number of hydrogen-bond donors (Lipinski definition) is 1. The number of rotatable bonds is 1. The summed E-state index contributed by atoms with van der Waals surface area (Å²) in [6, 6.07) is 7.78. The lowest BCUT2D eigenvalue weighted by atomic mass is 9.95. The van der Waals surface area contributed by atoms with Crippen molar-refractivity contribution in [3.05, 3.63) is 24.3 Å². The van der Waals surface area contributed by atoms with Gasteiger partial charge in [-0.3, -0.25) is 0 Å². The minimum atomic E-state index is 0.0911. The molecule has 0 unspecified atom stereocenters. The minimum Gasteiger partial charge on any atom is -0.380 e. The summed E-state index contributed by atoms with van der Waals surface area (Å²) >= 11 is 0. The fourth-order valence-electron chi connectivity index (χ4n) is 1.05. The maximum absolute atomic E-state index is 5.64. The van der Waals surface area contributed by atoms with E-state index >= 15 is 0 Å². The predicted molar refractivity (Wildman–Crippen MR) is 55.2 cm³/mol. The fraction of sp³-hybridized carbons (Fsp3) is 0.400. The van der Waals surface area contributed by atoms with Crippen molar-refractivity contribution < 1.29 is 0 Å². The lowest BCUT2D eigenvalue weighted by molar-refractivity contribution is 0.634. The van der Waals surface area contributed by atoms with Crippen molar-refractivity contribution in [1.29, 1.82) is 0 Å². The van der Waals surface area contributed by atoms with E-state index in [1.54, 1.807) is 0 Å². The van der Waals surface area contributed by atoms with E-state index in [1.165, 1.54) is 0 Å². The van der Waals surface area contributed by atoms with Gasteiger partial charge in [0.25, 0.3) is 0 Å². The smallest absolute Gasteiger partial charge is 0.113 e. The normalized spacial score (nSPS) is 11.2. The highest BCUT2D eigenvalue weighted by molar-refractivity contribution is 6.32. The summed E-state index contributed by atoms with van der Waals surface area (Å²) in [6.07, 6.45) is 0. The van der Waals surface area contributed by atoms with Gasteiger partial charge in [-0.15, -0.1) is 0 Å². The highest BCUT2D eigenvalue weighted by atomic mass is 14.9. The zero-order chi connectivity index (χ0) is 9.19. The largest absolute Gasteiger partial charge is 0.380 e. The molecule has 0 heterocycles. The topological polar surface area (TPSA) is 12.0 Å². The van der Waals surface area contributed by atoms with Crippen LogP contribution >= 0.6 is 0 Å². The van der Waals surface area contributed by atoms with E-state index in [2.05, 4.69) is 26.1 Å². The summed E-state index contributed by atoms with van der Waals surface area (Å²) in [7, 11) is 5.64. The molecule has 0 bridgehead atoms. The van der Waals surface area contributed by atoms with E-state index in [-0.39, 0.29) is 5.54 Å². The first-order chi connectivity index (χ1) is 5.47. The van der Waals surface area contributed by atoms with Crippen LogP contribution in [0.4, 0.5) is 5.69 Å². The molecule has 0 aliphatic rings. The summed E-state index contributed by atoms with van der Waals surface area (Å²) in [5.41, 5.74) is 1.96. The molecular formula is C10H14BN. The number of nitrogens with one attached hydrogen (secondary N) is 1. The van der Waals surface area contributed by atoms with E-state index in [9.17, 15) is 0 Å². The van der Waals surface area contributed by atoms with Crippen LogP contribution in [0.25, 0.3) is 0 Å². The van der Waals surface area contributed by atoms with Crippen molar-refractivity contribution >= 4 is 19.0 Å². The zero-order valence-corrected chi connectivity index (χ0v) is 7.89. The van der Waals surface area contributed by atoms with Gasteiger partial charge in [0, 0.05) is 11.2 Å². The molecule has 0 saturated carbocycles. The molecule has 1 rings (SSSR count). The molecule has 1 nitrogen and oxygen atoms in total. The first-order valence-corrected chi connectivity index (χ1v) is 4.11. The Morgan fingerprint density at radius 2 is 1.92 bits per heavy atom. The second kappa shape index (κ2) is 3.22. The van der Waals surface area contributed by atoms with Gasteiger partial charge in [-0.2, -0.15) is 0 Å². The van der Waals surface area contributed by atoms with Gasteiger partial charge in [-0.25, -0.2) is 0 Å². The summed E-state index contributed by atoms with van der Waals surface area (Å²) in [6.45, 7) is 6.36. The van der Waals surface area contributed by atoms with Crippen LogP contribution in [0.3, 0.4) is 0 Å². The van der Waals surface area contributed by atoms with Gasteiger partial charge in [-0.05, 0) is 32.9 Å². The Bertz CT molecular complexity index is 263. The third kappa shape index (κ3) is 2.99. The van der Waals surface area contributed by atoms with Gasteiger partial charge >= 0.3 is 0 Å². The molecule has 2 radical (unpaired) electrons. The van der Waals surface area contributed by atoms with Crippen molar-refractivity contribution in [3.63, 3.8) is 0 Å². The second-order valence-corrected chi connectivity index (χ2v) is 4.00. The maximum Gasteiger partial charge on any atom is 0.113 e. The van der Waals surface area contributed by atoms with Gasteiger partial charge in [0.1, 0.15) is 7.85 Å². The van der Waals surface area contributed by atoms with Gasteiger partial charge in [0.05, 0.1) is 0 Å². The van der Waals surface area contributed by atoms with Crippen LogP contribution in [-0.2, 0) is 0 Å². The lowest BCUT2D eigenvalue weighted by Crippen LogP contribution is -2.26. The Labute approximate surface area is 75.6 Å². The number of benzene rings is 1. The van der Waals surface area contributed by atoms with Crippen molar-refractivity contribution in [2.45, 2.75) is 26.3 Å². The molecule has 2 heteroatoms. The second-order valence-electron chi connectivity index (χ2n) is 4.00. The molecule has 0 spiro atoms. The molecule has 0 fully saturated rings. The molecule has 62 valence electrons.